The number of carbonyl (C=O) groups excluding carboxylic acids is 1. The van der Waals surface area contributed by atoms with Crippen LogP contribution in [0.25, 0.3) is 5.52 Å². The molecule has 1 amide bonds. The Kier molecular flexibility index (Phi) is 2.55. The average Bonchev–Trinajstić information content (AvgIpc) is 2.67. The van der Waals surface area contributed by atoms with E-state index in [0.717, 1.165) is 23.9 Å². The average molecular weight is 229 g/mol. The van der Waals surface area contributed by atoms with Gasteiger partial charge in [-0.05, 0) is 25.0 Å². The van der Waals surface area contributed by atoms with Crippen LogP contribution in [0.3, 0.4) is 0 Å². The Labute approximate surface area is 99.6 Å². The Balaban J connectivity index is 1.70. The number of nitrogens with one attached hydrogen (secondary N) is 1. The second-order valence-electron chi connectivity index (χ2n) is 4.55. The zero-order valence-electron chi connectivity index (χ0n) is 9.60. The minimum Gasteiger partial charge on any atom is -0.352 e. The highest BCUT2D eigenvalue weighted by atomic mass is 16.1. The van der Waals surface area contributed by atoms with Crippen LogP contribution >= 0.6 is 0 Å². The Morgan fingerprint density at radius 1 is 1.47 bits per heavy atom. The van der Waals surface area contributed by atoms with E-state index in [9.17, 15) is 4.79 Å². The largest absolute Gasteiger partial charge is 0.352 e. The van der Waals surface area contributed by atoms with Crippen LogP contribution in [0.4, 0.5) is 0 Å². The van der Waals surface area contributed by atoms with E-state index >= 15 is 0 Å². The van der Waals surface area contributed by atoms with Crippen LogP contribution in [0.15, 0.2) is 30.6 Å². The summed E-state index contributed by atoms with van der Waals surface area (Å²) in [5, 5.41) is 7.23. The summed E-state index contributed by atoms with van der Waals surface area (Å²) < 4.78 is 1.82. The van der Waals surface area contributed by atoms with E-state index in [1.807, 2.05) is 35.1 Å². The van der Waals surface area contributed by atoms with Crippen LogP contribution in [0.2, 0.25) is 0 Å². The van der Waals surface area contributed by atoms with Crippen molar-refractivity contribution in [3.8, 4) is 0 Å². The lowest BCUT2D eigenvalue weighted by Gasteiger charge is -2.23. The SMILES string of the molecule is O=C(NCc1cnn2ccccc12)C1CCC1. The smallest absolute Gasteiger partial charge is 0.223 e. The number of aromatic nitrogens is 2. The Bertz CT molecular complexity index is 542. The fourth-order valence-electron chi connectivity index (χ4n) is 2.12. The number of fused-ring (bicyclic) bond motifs is 1. The van der Waals surface area contributed by atoms with Crippen LogP contribution in [0, 0.1) is 5.92 Å². The molecule has 3 rings (SSSR count). The first kappa shape index (κ1) is 10.3. The quantitative estimate of drug-likeness (QED) is 0.871. The van der Waals surface area contributed by atoms with Gasteiger partial charge in [-0.1, -0.05) is 12.5 Å². The lowest BCUT2D eigenvalue weighted by Crippen LogP contribution is -2.33. The van der Waals surface area contributed by atoms with Crippen molar-refractivity contribution in [2.45, 2.75) is 25.8 Å². The molecule has 1 aliphatic rings. The van der Waals surface area contributed by atoms with Gasteiger partial charge in [-0.2, -0.15) is 5.10 Å². The van der Waals surface area contributed by atoms with Crippen LogP contribution in [0.5, 0.6) is 0 Å². The summed E-state index contributed by atoms with van der Waals surface area (Å²) in [5.74, 6) is 0.434. The first-order valence-corrected chi connectivity index (χ1v) is 6.03. The number of hydrogen-bond acceptors (Lipinski definition) is 2. The van der Waals surface area contributed by atoms with Gasteiger partial charge in [-0.15, -0.1) is 0 Å². The van der Waals surface area contributed by atoms with Gasteiger partial charge in [0.05, 0.1) is 11.7 Å². The van der Waals surface area contributed by atoms with Crippen molar-refractivity contribution in [3.63, 3.8) is 0 Å². The van der Waals surface area contributed by atoms with Gasteiger partial charge in [-0.25, -0.2) is 4.52 Å². The molecule has 2 aromatic rings. The summed E-state index contributed by atoms with van der Waals surface area (Å²) in [4.78, 5) is 11.7. The van der Waals surface area contributed by atoms with E-state index in [0.29, 0.717) is 6.54 Å². The van der Waals surface area contributed by atoms with E-state index in [1.165, 1.54) is 6.42 Å². The van der Waals surface area contributed by atoms with Gasteiger partial charge in [0.15, 0.2) is 0 Å². The van der Waals surface area contributed by atoms with Gasteiger partial charge in [0, 0.05) is 24.2 Å². The minimum absolute atomic E-state index is 0.187. The molecule has 0 spiro atoms. The third-order valence-corrected chi connectivity index (χ3v) is 3.44. The number of nitrogens with zero attached hydrogens (tertiary/aromatic N) is 2. The van der Waals surface area contributed by atoms with Crippen molar-refractivity contribution in [3.05, 3.63) is 36.2 Å². The van der Waals surface area contributed by atoms with E-state index in [4.69, 9.17) is 0 Å². The molecule has 0 bridgehead atoms. The van der Waals surface area contributed by atoms with Crippen LogP contribution in [0.1, 0.15) is 24.8 Å². The van der Waals surface area contributed by atoms with E-state index in [2.05, 4.69) is 10.4 Å². The molecule has 0 aromatic carbocycles. The predicted molar refractivity (Wildman–Crippen MR) is 64.4 cm³/mol. The van der Waals surface area contributed by atoms with Gasteiger partial charge in [0.25, 0.3) is 0 Å². The summed E-state index contributed by atoms with van der Waals surface area (Å²) in [5.41, 5.74) is 2.12. The highest BCUT2D eigenvalue weighted by molar-refractivity contribution is 5.79. The third-order valence-electron chi connectivity index (χ3n) is 3.44. The number of pyridine rings is 1. The van der Waals surface area contributed by atoms with E-state index in [-0.39, 0.29) is 11.8 Å². The first-order valence-electron chi connectivity index (χ1n) is 6.03. The normalized spacial score (nSPS) is 15.8. The standard InChI is InChI=1S/C13H15N3O/c17-13(10-4-3-5-10)14-8-11-9-15-16-7-2-1-6-12(11)16/h1-2,6-7,9-10H,3-5,8H2,(H,14,17). The van der Waals surface area contributed by atoms with Gasteiger partial charge < -0.3 is 5.32 Å². The molecule has 0 saturated heterocycles. The molecule has 0 unspecified atom stereocenters. The van der Waals surface area contributed by atoms with E-state index < -0.39 is 0 Å². The first-order chi connectivity index (χ1) is 8.34. The maximum absolute atomic E-state index is 11.7. The molecule has 88 valence electrons. The Hall–Kier alpha value is -1.84. The predicted octanol–water partition coefficient (Wildman–Crippen LogP) is 1.75. The maximum atomic E-state index is 11.7. The Morgan fingerprint density at radius 3 is 3.12 bits per heavy atom. The highest BCUT2D eigenvalue weighted by Crippen LogP contribution is 2.26. The number of amides is 1. The van der Waals surface area contributed by atoms with Crippen LogP contribution in [-0.4, -0.2) is 15.5 Å². The summed E-state index contributed by atoms with van der Waals surface area (Å²) >= 11 is 0. The molecule has 2 aromatic heterocycles. The summed E-state index contributed by atoms with van der Waals surface area (Å²) in [7, 11) is 0. The fraction of sp³-hybridized carbons (Fsp3) is 0.385. The van der Waals surface area contributed by atoms with Crippen molar-refractivity contribution in [2.24, 2.45) is 5.92 Å². The zero-order chi connectivity index (χ0) is 11.7. The van der Waals surface area contributed by atoms with Gasteiger partial charge in [0.1, 0.15) is 0 Å². The fourth-order valence-corrected chi connectivity index (χ4v) is 2.12. The highest BCUT2D eigenvalue weighted by Gasteiger charge is 2.24. The molecule has 17 heavy (non-hydrogen) atoms. The van der Waals surface area contributed by atoms with Gasteiger partial charge >= 0.3 is 0 Å². The second-order valence-corrected chi connectivity index (χ2v) is 4.55. The topological polar surface area (TPSA) is 46.4 Å². The molecular formula is C13H15N3O. The zero-order valence-corrected chi connectivity index (χ0v) is 9.60. The molecule has 1 N–H and O–H groups in total. The summed E-state index contributed by atoms with van der Waals surface area (Å²) in [6.07, 6.45) is 7.00. The molecule has 0 radical (unpaired) electrons. The van der Waals surface area contributed by atoms with Crippen molar-refractivity contribution in [2.75, 3.05) is 0 Å². The molecule has 4 heteroatoms. The molecule has 1 saturated carbocycles. The van der Waals surface area contributed by atoms with Crippen molar-refractivity contribution >= 4 is 11.4 Å². The Morgan fingerprint density at radius 2 is 2.35 bits per heavy atom. The van der Waals surface area contributed by atoms with Gasteiger partial charge in [0.2, 0.25) is 5.91 Å². The van der Waals surface area contributed by atoms with E-state index in [1.54, 1.807) is 0 Å². The summed E-state index contributed by atoms with van der Waals surface area (Å²) in [6.45, 7) is 0.572. The second kappa shape index (κ2) is 4.20. The van der Waals surface area contributed by atoms with Crippen LogP contribution in [-0.2, 0) is 11.3 Å². The number of rotatable bonds is 3. The number of hydrogen-bond donors (Lipinski definition) is 1. The molecule has 0 atom stereocenters. The molecule has 2 heterocycles. The summed E-state index contributed by atoms with van der Waals surface area (Å²) in [6, 6.07) is 5.93. The lowest BCUT2D eigenvalue weighted by atomic mass is 9.85. The van der Waals surface area contributed by atoms with Gasteiger partial charge in [-0.3, -0.25) is 4.79 Å². The molecule has 4 nitrogen and oxygen atoms in total. The lowest BCUT2D eigenvalue weighted by molar-refractivity contribution is -0.127. The number of carbonyl (C=O) groups is 1. The van der Waals surface area contributed by atoms with Crippen molar-refractivity contribution < 1.29 is 4.79 Å². The van der Waals surface area contributed by atoms with Crippen molar-refractivity contribution in [1.29, 1.82) is 0 Å². The maximum Gasteiger partial charge on any atom is 0.223 e. The molecule has 1 fully saturated rings. The van der Waals surface area contributed by atoms with Crippen molar-refractivity contribution in [1.82, 2.24) is 14.9 Å². The third kappa shape index (κ3) is 1.90. The molecule has 1 aliphatic carbocycles. The monoisotopic (exact) mass is 229 g/mol. The molecular weight excluding hydrogens is 214 g/mol. The minimum atomic E-state index is 0.187. The molecule has 0 aliphatic heterocycles. The van der Waals surface area contributed by atoms with Crippen LogP contribution < -0.4 is 5.32 Å².